The minimum Gasteiger partial charge on any atom is -0.446 e. The van der Waals surface area contributed by atoms with Gasteiger partial charge in [0.25, 0.3) is 0 Å². The van der Waals surface area contributed by atoms with Crippen LogP contribution in [0.5, 0.6) is 0 Å². The second kappa shape index (κ2) is 4.24. The molecule has 0 fully saturated rings. The van der Waals surface area contributed by atoms with E-state index in [1.165, 1.54) is 4.90 Å². The van der Waals surface area contributed by atoms with Crippen LogP contribution < -0.4 is 0 Å². The molecule has 0 unspecified atom stereocenters. The van der Waals surface area contributed by atoms with E-state index in [0.717, 1.165) is 11.3 Å². The molecule has 0 radical (unpaired) electrons. The monoisotopic (exact) mass is 215 g/mol. The molecule has 0 aliphatic carbocycles. The van der Waals surface area contributed by atoms with Crippen LogP contribution in [0.15, 0.2) is 45.7 Å². The summed E-state index contributed by atoms with van der Waals surface area (Å²) in [5.41, 5.74) is 0.995. The van der Waals surface area contributed by atoms with E-state index < -0.39 is 0 Å². The van der Waals surface area contributed by atoms with Crippen molar-refractivity contribution in [2.24, 2.45) is 0 Å². The van der Waals surface area contributed by atoms with Crippen LogP contribution in [-0.2, 0) is 0 Å². The molecule has 0 saturated heterocycles. The Morgan fingerprint density at radius 3 is 2.40 bits per heavy atom. The lowest BCUT2D eigenvalue weighted by molar-refractivity contribution is 0.567. The van der Waals surface area contributed by atoms with Gasteiger partial charge in [-0.3, -0.25) is 0 Å². The number of hydrogen-bond donors (Lipinski definition) is 0. The smallest absolute Gasteiger partial charge is 0.204 e. The van der Waals surface area contributed by atoms with Crippen molar-refractivity contribution in [3.8, 4) is 17.4 Å². The highest BCUT2D eigenvalue weighted by atomic mass is 32.2. The highest BCUT2D eigenvalue weighted by molar-refractivity contribution is 7.98. The summed E-state index contributed by atoms with van der Waals surface area (Å²) in [5.74, 6) is 1.08. The molecule has 1 heterocycles. The quantitative estimate of drug-likeness (QED) is 0.719. The van der Waals surface area contributed by atoms with Crippen molar-refractivity contribution in [1.82, 2.24) is 0 Å². The Morgan fingerprint density at radius 2 is 1.87 bits per heavy atom. The van der Waals surface area contributed by atoms with E-state index in [1.54, 1.807) is 17.8 Å². The van der Waals surface area contributed by atoms with Gasteiger partial charge in [-0.1, -0.05) is 12.1 Å². The van der Waals surface area contributed by atoms with Crippen molar-refractivity contribution in [1.29, 1.82) is 5.26 Å². The Kier molecular flexibility index (Phi) is 2.79. The molecule has 0 saturated carbocycles. The summed E-state index contributed by atoms with van der Waals surface area (Å²) in [6.07, 6.45) is 2.04. The molecular formula is C12H9NOS. The average Bonchev–Trinajstić information content (AvgIpc) is 2.78. The first-order valence-corrected chi connectivity index (χ1v) is 5.70. The Hall–Kier alpha value is -1.66. The molecule has 74 valence electrons. The number of thioether (sulfide) groups is 1. The van der Waals surface area contributed by atoms with Gasteiger partial charge in [-0.25, -0.2) is 0 Å². The highest BCUT2D eigenvalue weighted by Gasteiger charge is 2.03. The molecule has 2 rings (SSSR count). The summed E-state index contributed by atoms with van der Waals surface area (Å²) in [4.78, 5) is 1.21. The van der Waals surface area contributed by atoms with E-state index in [9.17, 15) is 0 Å². The van der Waals surface area contributed by atoms with Crippen LogP contribution >= 0.6 is 11.8 Å². The molecule has 2 nitrogen and oxygen atoms in total. The number of hydrogen-bond acceptors (Lipinski definition) is 3. The molecule has 1 aromatic carbocycles. The Morgan fingerprint density at radius 1 is 1.13 bits per heavy atom. The number of furan rings is 1. The van der Waals surface area contributed by atoms with Crippen LogP contribution in [0.25, 0.3) is 11.3 Å². The number of rotatable bonds is 2. The molecule has 0 aliphatic heterocycles. The van der Waals surface area contributed by atoms with E-state index >= 15 is 0 Å². The van der Waals surface area contributed by atoms with Gasteiger partial charge >= 0.3 is 0 Å². The van der Waals surface area contributed by atoms with Gasteiger partial charge in [-0.15, -0.1) is 11.8 Å². The van der Waals surface area contributed by atoms with Gasteiger partial charge in [0.05, 0.1) is 0 Å². The first kappa shape index (κ1) is 9.88. The minimum absolute atomic E-state index is 0.346. The Balaban J connectivity index is 2.33. The first-order chi connectivity index (χ1) is 7.33. The molecule has 0 spiro atoms. The molecule has 0 N–H and O–H groups in total. The summed E-state index contributed by atoms with van der Waals surface area (Å²) >= 11 is 1.70. The first-order valence-electron chi connectivity index (χ1n) is 4.48. The van der Waals surface area contributed by atoms with Crippen molar-refractivity contribution < 1.29 is 4.42 Å². The van der Waals surface area contributed by atoms with Gasteiger partial charge in [0.15, 0.2) is 0 Å². The van der Waals surface area contributed by atoms with Crippen molar-refractivity contribution in [2.75, 3.05) is 6.26 Å². The van der Waals surface area contributed by atoms with Gasteiger partial charge in [-0.2, -0.15) is 5.26 Å². The number of nitrogens with zero attached hydrogens (tertiary/aromatic N) is 1. The zero-order valence-corrected chi connectivity index (χ0v) is 9.04. The predicted octanol–water partition coefficient (Wildman–Crippen LogP) is 3.54. The van der Waals surface area contributed by atoms with Crippen molar-refractivity contribution >= 4 is 11.8 Å². The van der Waals surface area contributed by atoms with Crippen LogP contribution in [0, 0.1) is 11.3 Å². The molecule has 0 amide bonds. The molecule has 0 aliphatic rings. The largest absolute Gasteiger partial charge is 0.446 e. The summed E-state index contributed by atoms with van der Waals surface area (Å²) < 4.78 is 5.32. The lowest BCUT2D eigenvalue weighted by Gasteiger charge is -1.98. The van der Waals surface area contributed by atoms with E-state index in [-0.39, 0.29) is 0 Å². The minimum atomic E-state index is 0.346. The van der Waals surface area contributed by atoms with Gasteiger partial charge in [0.1, 0.15) is 11.8 Å². The van der Waals surface area contributed by atoms with Crippen molar-refractivity contribution in [3.63, 3.8) is 0 Å². The standard InChI is InChI=1S/C12H9NOS/c1-15-11-5-2-9(3-6-11)12-7-4-10(8-13)14-12/h2-7H,1H3. The van der Waals surface area contributed by atoms with Crippen LogP contribution in [0.3, 0.4) is 0 Å². The van der Waals surface area contributed by atoms with Gasteiger partial charge in [0.2, 0.25) is 5.76 Å². The molecule has 0 atom stereocenters. The summed E-state index contributed by atoms with van der Waals surface area (Å²) in [7, 11) is 0. The van der Waals surface area contributed by atoms with Crippen molar-refractivity contribution in [2.45, 2.75) is 4.90 Å². The maximum atomic E-state index is 8.63. The van der Waals surface area contributed by atoms with Gasteiger partial charge in [-0.05, 0) is 30.5 Å². The molecule has 15 heavy (non-hydrogen) atoms. The van der Waals surface area contributed by atoms with Crippen LogP contribution in [0.4, 0.5) is 0 Å². The Bertz CT molecular complexity index is 493. The molecule has 2 aromatic rings. The molecule has 1 aromatic heterocycles. The maximum Gasteiger partial charge on any atom is 0.204 e. The fourth-order valence-corrected chi connectivity index (χ4v) is 1.72. The van der Waals surface area contributed by atoms with Crippen LogP contribution in [0.2, 0.25) is 0 Å². The van der Waals surface area contributed by atoms with Crippen molar-refractivity contribution in [3.05, 3.63) is 42.2 Å². The third kappa shape index (κ3) is 2.05. The molecular weight excluding hydrogens is 206 g/mol. The lowest BCUT2D eigenvalue weighted by atomic mass is 10.2. The van der Waals surface area contributed by atoms with Crippen LogP contribution in [-0.4, -0.2) is 6.26 Å². The highest BCUT2D eigenvalue weighted by Crippen LogP contribution is 2.24. The summed E-state index contributed by atoms with van der Waals surface area (Å²) in [6, 6.07) is 13.5. The summed E-state index contributed by atoms with van der Waals surface area (Å²) in [6.45, 7) is 0. The van der Waals surface area contributed by atoms with E-state index in [0.29, 0.717) is 5.76 Å². The topological polar surface area (TPSA) is 36.9 Å². The fourth-order valence-electron chi connectivity index (χ4n) is 1.31. The van der Waals surface area contributed by atoms with E-state index in [4.69, 9.17) is 9.68 Å². The zero-order chi connectivity index (χ0) is 10.7. The maximum absolute atomic E-state index is 8.63. The zero-order valence-electron chi connectivity index (χ0n) is 8.23. The Labute approximate surface area is 92.5 Å². The third-order valence-electron chi connectivity index (χ3n) is 2.09. The normalized spacial score (nSPS) is 9.87. The molecule has 3 heteroatoms. The second-order valence-electron chi connectivity index (χ2n) is 3.00. The number of benzene rings is 1. The SMILES string of the molecule is CSc1ccc(-c2ccc(C#N)o2)cc1. The second-order valence-corrected chi connectivity index (χ2v) is 3.88. The van der Waals surface area contributed by atoms with Gasteiger partial charge < -0.3 is 4.42 Å². The average molecular weight is 215 g/mol. The number of nitriles is 1. The predicted molar refractivity (Wildman–Crippen MR) is 60.6 cm³/mol. The summed E-state index contributed by atoms with van der Waals surface area (Å²) in [5, 5.41) is 8.63. The molecule has 0 bridgehead atoms. The van der Waals surface area contributed by atoms with E-state index in [2.05, 4.69) is 0 Å². The third-order valence-corrected chi connectivity index (χ3v) is 2.83. The van der Waals surface area contributed by atoms with Crippen LogP contribution in [0.1, 0.15) is 5.76 Å². The van der Waals surface area contributed by atoms with Gasteiger partial charge in [0, 0.05) is 10.5 Å². The fraction of sp³-hybridized carbons (Fsp3) is 0.0833. The van der Waals surface area contributed by atoms with E-state index in [1.807, 2.05) is 42.7 Å². The lowest BCUT2D eigenvalue weighted by Crippen LogP contribution is -1.74.